The molecular formula is C18H23N3. The zero-order valence-electron chi connectivity index (χ0n) is 13.0. The van der Waals surface area contributed by atoms with Gasteiger partial charge in [-0.2, -0.15) is 0 Å². The van der Waals surface area contributed by atoms with Gasteiger partial charge in [-0.3, -0.25) is 4.98 Å². The van der Waals surface area contributed by atoms with Crippen LogP contribution in [0.5, 0.6) is 0 Å². The molecule has 21 heavy (non-hydrogen) atoms. The summed E-state index contributed by atoms with van der Waals surface area (Å²) < 4.78 is 0. The number of nitrogens with zero attached hydrogens (tertiary/aromatic N) is 2. The summed E-state index contributed by atoms with van der Waals surface area (Å²) in [5.41, 5.74) is 5.30. The standard InChI is InChI=1S/C18H23N3/c1-13(2)20-12-16-11-19-9-8-18(16)21-14(3)10-15-6-4-5-7-17(15)21/h4-9,11,13-14,20H,10,12H2,1-3H3. The van der Waals surface area contributed by atoms with Crippen LogP contribution in [-0.2, 0) is 13.0 Å². The van der Waals surface area contributed by atoms with E-state index in [1.165, 1.54) is 22.5 Å². The van der Waals surface area contributed by atoms with Gasteiger partial charge in [-0.25, -0.2) is 0 Å². The van der Waals surface area contributed by atoms with E-state index in [4.69, 9.17) is 0 Å². The number of benzene rings is 1. The highest BCUT2D eigenvalue weighted by molar-refractivity contribution is 5.72. The van der Waals surface area contributed by atoms with Crippen LogP contribution in [0.3, 0.4) is 0 Å². The maximum Gasteiger partial charge on any atom is 0.0490 e. The molecular weight excluding hydrogens is 258 g/mol. The van der Waals surface area contributed by atoms with Crippen molar-refractivity contribution in [3.05, 3.63) is 53.9 Å². The van der Waals surface area contributed by atoms with Crippen molar-refractivity contribution in [2.24, 2.45) is 0 Å². The third-order valence-electron chi connectivity index (χ3n) is 4.05. The Hall–Kier alpha value is -1.87. The zero-order chi connectivity index (χ0) is 14.8. The van der Waals surface area contributed by atoms with Crippen LogP contribution in [0.15, 0.2) is 42.7 Å². The first kappa shape index (κ1) is 14.1. The smallest absolute Gasteiger partial charge is 0.0490 e. The molecule has 2 aromatic rings. The molecule has 3 nitrogen and oxygen atoms in total. The van der Waals surface area contributed by atoms with Gasteiger partial charge in [-0.15, -0.1) is 0 Å². The third kappa shape index (κ3) is 2.79. The van der Waals surface area contributed by atoms with Gasteiger partial charge in [-0.05, 0) is 31.0 Å². The van der Waals surface area contributed by atoms with Crippen LogP contribution < -0.4 is 10.2 Å². The summed E-state index contributed by atoms with van der Waals surface area (Å²) in [7, 11) is 0. The first-order valence-corrected chi connectivity index (χ1v) is 7.70. The second-order valence-electron chi connectivity index (χ2n) is 6.09. The van der Waals surface area contributed by atoms with E-state index in [0.29, 0.717) is 12.1 Å². The zero-order valence-corrected chi connectivity index (χ0v) is 13.0. The first-order valence-electron chi connectivity index (χ1n) is 7.70. The van der Waals surface area contributed by atoms with Crippen molar-refractivity contribution in [3.63, 3.8) is 0 Å². The largest absolute Gasteiger partial charge is 0.338 e. The van der Waals surface area contributed by atoms with Crippen molar-refractivity contribution in [2.75, 3.05) is 4.90 Å². The Morgan fingerprint density at radius 2 is 2.05 bits per heavy atom. The molecule has 1 atom stereocenters. The molecule has 1 N–H and O–H groups in total. The second kappa shape index (κ2) is 5.86. The van der Waals surface area contributed by atoms with Crippen LogP contribution in [-0.4, -0.2) is 17.1 Å². The lowest BCUT2D eigenvalue weighted by Gasteiger charge is -2.27. The Morgan fingerprint density at radius 3 is 2.86 bits per heavy atom. The third-order valence-corrected chi connectivity index (χ3v) is 4.05. The number of nitrogens with one attached hydrogen (secondary N) is 1. The molecule has 0 aliphatic carbocycles. The Morgan fingerprint density at radius 1 is 1.24 bits per heavy atom. The average Bonchev–Trinajstić information content (AvgIpc) is 2.81. The van der Waals surface area contributed by atoms with Gasteiger partial charge in [0, 0.05) is 48.0 Å². The van der Waals surface area contributed by atoms with Gasteiger partial charge >= 0.3 is 0 Å². The fourth-order valence-corrected chi connectivity index (χ4v) is 3.04. The summed E-state index contributed by atoms with van der Waals surface area (Å²) in [5.74, 6) is 0. The minimum absolute atomic E-state index is 0.473. The van der Waals surface area contributed by atoms with E-state index < -0.39 is 0 Å². The van der Waals surface area contributed by atoms with Gasteiger partial charge in [0.05, 0.1) is 0 Å². The maximum absolute atomic E-state index is 4.31. The van der Waals surface area contributed by atoms with Gasteiger partial charge in [0.25, 0.3) is 0 Å². The fourth-order valence-electron chi connectivity index (χ4n) is 3.04. The van der Waals surface area contributed by atoms with E-state index in [-0.39, 0.29) is 0 Å². The molecule has 3 heteroatoms. The molecule has 0 amide bonds. The number of hydrogen-bond acceptors (Lipinski definition) is 3. The fraction of sp³-hybridized carbons (Fsp3) is 0.389. The van der Waals surface area contributed by atoms with Gasteiger partial charge in [0.2, 0.25) is 0 Å². The summed E-state index contributed by atoms with van der Waals surface area (Å²) in [4.78, 5) is 6.76. The van der Waals surface area contributed by atoms with Crippen molar-refractivity contribution in [1.82, 2.24) is 10.3 Å². The van der Waals surface area contributed by atoms with E-state index in [1.807, 2.05) is 12.4 Å². The lowest BCUT2D eigenvalue weighted by molar-refractivity contribution is 0.587. The summed E-state index contributed by atoms with van der Waals surface area (Å²) in [6.45, 7) is 7.49. The highest BCUT2D eigenvalue weighted by Gasteiger charge is 2.28. The van der Waals surface area contributed by atoms with Crippen LogP contribution >= 0.6 is 0 Å². The molecule has 1 aromatic carbocycles. The number of anilines is 2. The molecule has 0 bridgehead atoms. The minimum atomic E-state index is 0.473. The molecule has 0 fully saturated rings. The van der Waals surface area contributed by atoms with Gasteiger partial charge < -0.3 is 10.2 Å². The van der Waals surface area contributed by atoms with Crippen LogP contribution in [0.2, 0.25) is 0 Å². The topological polar surface area (TPSA) is 28.2 Å². The highest BCUT2D eigenvalue weighted by Crippen LogP contribution is 2.39. The van der Waals surface area contributed by atoms with E-state index in [0.717, 1.165) is 13.0 Å². The van der Waals surface area contributed by atoms with Crippen LogP contribution in [0.1, 0.15) is 31.9 Å². The number of rotatable bonds is 4. The quantitative estimate of drug-likeness (QED) is 0.927. The summed E-state index contributed by atoms with van der Waals surface area (Å²) >= 11 is 0. The maximum atomic E-state index is 4.31. The normalized spacial score (nSPS) is 17.3. The van der Waals surface area contributed by atoms with Crippen molar-refractivity contribution < 1.29 is 0 Å². The molecule has 1 unspecified atom stereocenters. The molecule has 0 saturated carbocycles. The molecule has 110 valence electrons. The lowest BCUT2D eigenvalue weighted by atomic mass is 10.1. The van der Waals surface area contributed by atoms with E-state index >= 15 is 0 Å². The van der Waals surface area contributed by atoms with Gasteiger partial charge in [0.1, 0.15) is 0 Å². The van der Waals surface area contributed by atoms with Crippen molar-refractivity contribution in [2.45, 2.75) is 45.8 Å². The van der Waals surface area contributed by atoms with Crippen molar-refractivity contribution in [1.29, 1.82) is 0 Å². The van der Waals surface area contributed by atoms with Crippen LogP contribution in [0.25, 0.3) is 0 Å². The van der Waals surface area contributed by atoms with Crippen molar-refractivity contribution >= 4 is 11.4 Å². The number of pyridine rings is 1. The summed E-state index contributed by atoms with van der Waals surface area (Å²) in [6.07, 6.45) is 4.98. The molecule has 0 spiro atoms. The number of fused-ring (bicyclic) bond motifs is 1. The lowest BCUT2D eigenvalue weighted by Crippen LogP contribution is -2.27. The summed E-state index contributed by atoms with van der Waals surface area (Å²) in [6, 6.07) is 11.8. The van der Waals surface area contributed by atoms with Gasteiger partial charge in [0.15, 0.2) is 0 Å². The number of hydrogen-bond donors (Lipinski definition) is 1. The van der Waals surface area contributed by atoms with E-state index in [9.17, 15) is 0 Å². The predicted molar refractivity (Wildman–Crippen MR) is 88.0 cm³/mol. The molecule has 0 saturated heterocycles. The highest BCUT2D eigenvalue weighted by atomic mass is 15.2. The predicted octanol–water partition coefficient (Wildman–Crippen LogP) is 3.66. The SMILES string of the molecule is CC(C)NCc1cnccc1N1c2ccccc2CC1C. The molecule has 1 aliphatic heterocycles. The monoisotopic (exact) mass is 281 g/mol. The molecule has 1 aromatic heterocycles. The van der Waals surface area contributed by atoms with Crippen molar-refractivity contribution in [3.8, 4) is 0 Å². The Bertz CT molecular complexity index is 621. The van der Waals surface area contributed by atoms with Crippen LogP contribution in [0, 0.1) is 0 Å². The van der Waals surface area contributed by atoms with Crippen LogP contribution in [0.4, 0.5) is 11.4 Å². The Balaban J connectivity index is 1.97. The Labute approximate surface area is 127 Å². The van der Waals surface area contributed by atoms with Gasteiger partial charge in [-0.1, -0.05) is 32.0 Å². The average molecular weight is 281 g/mol. The Kier molecular flexibility index (Phi) is 3.93. The molecule has 2 heterocycles. The van der Waals surface area contributed by atoms with E-state index in [2.05, 4.69) is 66.3 Å². The number of aromatic nitrogens is 1. The summed E-state index contributed by atoms with van der Waals surface area (Å²) in [5, 5.41) is 3.50. The molecule has 0 radical (unpaired) electrons. The molecule has 1 aliphatic rings. The molecule has 3 rings (SSSR count). The second-order valence-corrected chi connectivity index (χ2v) is 6.09. The minimum Gasteiger partial charge on any atom is -0.338 e. The number of para-hydroxylation sites is 1. The first-order chi connectivity index (χ1) is 10.2. The van der Waals surface area contributed by atoms with E-state index in [1.54, 1.807) is 0 Å².